The molecule has 0 radical (unpaired) electrons. The largest absolute Gasteiger partial charge is 0.378 e. The highest BCUT2D eigenvalue weighted by Crippen LogP contribution is 2.25. The average Bonchev–Trinajstić information content (AvgIpc) is 2.81. The Bertz CT molecular complexity index is 1130. The molecular weight excluding hydrogens is 413 g/mol. The van der Waals surface area contributed by atoms with Gasteiger partial charge in [0.25, 0.3) is 5.91 Å². The molecule has 1 aliphatic rings. The highest BCUT2D eigenvalue weighted by atomic mass is 19.1. The van der Waals surface area contributed by atoms with Gasteiger partial charge in [-0.15, -0.1) is 0 Å². The predicted molar refractivity (Wildman–Crippen MR) is 113 cm³/mol. The lowest BCUT2D eigenvalue weighted by Crippen LogP contribution is -2.48. The summed E-state index contributed by atoms with van der Waals surface area (Å²) in [6.45, 7) is 0.631. The standard InChI is InChI=1S/C21H20FN9O/c22-17-11-31(20-10-27-15(7-23)8-28-20)4-2-18(17)30-19-6-14(26-9-16(19)21(24)32)5-13-1-3-25-12-29-13/h1,3,6,8-10,12,17-18H,2,4-5,11H2,(H2,24,32)(H,26,30)/t17-,18+/m0/s1. The molecule has 4 rings (SSSR count). The van der Waals surface area contributed by atoms with Gasteiger partial charge < -0.3 is 16.0 Å². The molecule has 0 unspecified atom stereocenters. The van der Waals surface area contributed by atoms with Crippen molar-refractivity contribution in [2.24, 2.45) is 5.73 Å². The van der Waals surface area contributed by atoms with Crippen LogP contribution in [-0.2, 0) is 6.42 Å². The molecule has 2 atom stereocenters. The highest BCUT2D eigenvalue weighted by molar-refractivity contribution is 5.98. The van der Waals surface area contributed by atoms with Crippen LogP contribution >= 0.6 is 0 Å². The van der Waals surface area contributed by atoms with Gasteiger partial charge in [0, 0.05) is 36.7 Å². The van der Waals surface area contributed by atoms with Gasteiger partial charge in [0.15, 0.2) is 5.69 Å². The van der Waals surface area contributed by atoms with E-state index in [0.717, 1.165) is 5.69 Å². The summed E-state index contributed by atoms with van der Waals surface area (Å²) < 4.78 is 15.0. The van der Waals surface area contributed by atoms with Crippen LogP contribution in [0.25, 0.3) is 0 Å². The summed E-state index contributed by atoms with van der Waals surface area (Å²) in [5.41, 5.74) is 7.78. The van der Waals surface area contributed by atoms with Crippen molar-refractivity contribution in [1.29, 1.82) is 5.26 Å². The number of primary amides is 1. The van der Waals surface area contributed by atoms with E-state index in [2.05, 4.69) is 30.2 Å². The normalized spacial score (nSPS) is 18.1. The molecule has 1 saturated heterocycles. The first-order valence-electron chi connectivity index (χ1n) is 9.95. The van der Waals surface area contributed by atoms with E-state index in [0.29, 0.717) is 36.6 Å². The van der Waals surface area contributed by atoms with E-state index >= 15 is 4.39 Å². The summed E-state index contributed by atoms with van der Waals surface area (Å²) in [6, 6.07) is 4.86. The minimum atomic E-state index is -1.24. The Hall–Kier alpha value is -4.20. The van der Waals surface area contributed by atoms with Crippen LogP contribution < -0.4 is 16.0 Å². The number of carbonyl (C=O) groups is 1. The molecule has 0 saturated carbocycles. The molecule has 1 aliphatic heterocycles. The van der Waals surface area contributed by atoms with Gasteiger partial charge in [-0.1, -0.05) is 0 Å². The van der Waals surface area contributed by atoms with Crippen LogP contribution in [0.1, 0.15) is 33.9 Å². The summed E-state index contributed by atoms with van der Waals surface area (Å²) >= 11 is 0. The average molecular weight is 433 g/mol. The third kappa shape index (κ3) is 4.75. The van der Waals surface area contributed by atoms with Crippen molar-refractivity contribution in [3.05, 3.63) is 65.9 Å². The number of pyridine rings is 1. The number of halogens is 1. The molecule has 162 valence electrons. The van der Waals surface area contributed by atoms with Crippen LogP contribution in [0.5, 0.6) is 0 Å². The van der Waals surface area contributed by atoms with Crippen molar-refractivity contribution >= 4 is 17.4 Å². The van der Waals surface area contributed by atoms with Crippen molar-refractivity contribution in [3.8, 4) is 6.07 Å². The Morgan fingerprint density at radius 2 is 2.12 bits per heavy atom. The van der Waals surface area contributed by atoms with Crippen LogP contribution in [0, 0.1) is 11.3 Å². The van der Waals surface area contributed by atoms with E-state index in [9.17, 15) is 4.79 Å². The van der Waals surface area contributed by atoms with Gasteiger partial charge in [-0.3, -0.25) is 9.78 Å². The number of aromatic nitrogens is 5. The van der Waals surface area contributed by atoms with Gasteiger partial charge in [0.05, 0.1) is 36.2 Å². The molecule has 0 aliphatic carbocycles. The number of alkyl halides is 1. The zero-order valence-electron chi connectivity index (χ0n) is 17.0. The molecule has 11 heteroatoms. The van der Waals surface area contributed by atoms with Crippen molar-refractivity contribution in [2.75, 3.05) is 23.3 Å². The summed E-state index contributed by atoms with van der Waals surface area (Å²) in [7, 11) is 0. The Morgan fingerprint density at radius 3 is 2.78 bits per heavy atom. The molecule has 3 N–H and O–H groups in total. The second kappa shape index (κ2) is 9.30. The number of nitrogens with one attached hydrogen (secondary N) is 1. The number of hydrogen-bond donors (Lipinski definition) is 2. The predicted octanol–water partition coefficient (Wildman–Crippen LogP) is 1.25. The van der Waals surface area contributed by atoms with Crippen LogP contribution in [0.3, 0.4) is 0 Å². The van der Waals surface area contributed by atoms with Gasteiger partial charge in [-0.2, -0.15) is 5.26 Å². The summed E-state index contributed by atoms with van der Waals surface area (Å²) in [4.78, 5) is 34.2. The molecule has 0 spiro atoms. The fourth-order valence-corrected chi connectivity index (χ4v) is 3.54. The lowest BCUT2D eigenvalue weighted by molar-refractivity contribution is 0.100. The van der Waals surface area contributed by atoms with Crippen LogP contribution in [0.2, 0.25) is 0 Å². The van der Waals surface area contributed by atoms with Crippen molar-refractivity contribution < 1.29 is 9.18 Å². The molecule has 1 amide bonds. The number of nitrogens with two attached hydrogens (primary N) is 1. The number of carbonyl (C=O) groups excluding carboxylic acids is 1. The third-order valence-electron chi connectivity index (χ3n) is 5.19. The van der Waals surface area contributed by atoms with Gasteiger partial charge in [-0.05, 0) is 18.6 Å². The number of anilines is 2. The first kappa shape index (κ1) is 21.0. The molecule has 0 aromatic carbocycles. The quantitative estimate of drug-likeness (QED) is 0.586. The first-order valence-corrected chi connectivity index (χ1v) is 9.95. The molecular formula is C21H20FN9O. The van der Waals surface area contributed by atoms with Gasteiger partial charge >= 0.3 is 0 Å². The number of piperidine rings is 1. The highest BCUT2D eigenvalue weighted by Gasteiger charge is 2.31. The van der Waals surface area contributed by atoms with Crippen molar-refractivity contribution in [2.45, 2.75) is 25.1 Å². The second-order valence-corrected chi connectivity index (χ2v) is 7.34. The number of nitrogens with zero attached hydrogens (tertiary/aromatic N) is 7. The molecule has 3 aromatic heterocycles. The van der Waals surface area contributed by atoms with Crippen LogP contribution in [-0.4, -0.2) is 56.1 Å². The maximum Gasteiger partial charge on any atom is 0.252 e. The summed E-state index contributed by atoms with van der Waals surface area (Å²) in [6.07, 6.45) is 6.98. The maximum absolute atomic E-state index is 15.0. The van der Waals surface area contributed by atoms with Gasteiger partial charge in [0.1, 0.15) is 24.4 Å². The topological polar surface area (TPSA) is 147 Å². The van der Waals surface area contributed by atoms with E-state index in [-0.39, 0.29) is 17.8 Å². The van der Waals surface area contributed by atoms with Crippen molar-refractivity contribution in [1.82, 2.24) is 24.9 Å². The lowest BCUT2D eigenvalue weighted by atomic mass is 10.0. The van der Waals surface area contributed by atoms with E-state index in [1.165, 1.54) is 24.9 Å². The van der Waals surface area contributed by atoms with E-state index < -0.39 is 18.1 Å². The Kier molecular flexibility index (Phi) is 6.12. The van der Waals surface area contributed by atoms with Crippen LogP contribution in [0.4, 0.5) is 15.9 Å². The Balaban J connectivity index is 1.48. The van der Waals surface area contributed by atoms with Crippen LogP contribution in [0.15, 0.2) is 43.2 Å². The molecule has 1 fully saturated rings. The van der Waals surface area contributed by atoms with Gasteiger partial charge in [-0.25, -0.2) is 24.3 Å². The lowest BCUT2D eigenvalue weighted by Gasteiger charge is -2.36. The zero-order chi connectivity index (χ0) is 22.5. The summed E-state index contributed by atoms with van der Waals surface area (Å²) in [5.74, 6) is -0.131. The Labute approximate surface area is 183 Å². The number of amides is 1. The molecule has 32 heavy (non-hydrogen) atoms. The smallest absolute Gasteiger partial charge is 0.252 e. The van der Waals surface area contributed by atoms with Gasteiger partial charge in [0.2, 0.25) is 0 Å². The molecule has 0 bridgehead atoms. The van der Waals surface area contributed by atoms with Crippen molar-refractivity contribution in [3.63, 3.8) is 0 Å². The number of nitriles is 1. The SMILES string of the molecule is N#Cc1cnc(N2CC[C@@H](Nc3cc(Cc4ccncn4)ncc3C(N)=O)[C@@H](F)C2)cn1. The fourth-order valence-electron chi connectivity index (χ4n) is 3.54. The first-order chi connectivity index (χ1) is 15.5. The van der Waals surface area contributed by atoms with E-state index in [1.807, 2.05) is 6.07 Å². The minimum absolute atomic E-state index is 0.100. The number of hydrogen-bond acceptors (Lipinski definition) is 9. The minimum Gasteiger partial charge on any atom is -0.378 e. The number of rotatable bonds is 6. The Morgan fingerprint density at radius 1 is 1.25 bits per heavy atom. The molecule has 3 aromatic rings. The zero-order valence-corrected chi connectivity index (χ0v) is 17.0. The van der Waals surface area contributed by atoms with E-state index in [1.54, 1.807) is 23.2 Å². The molecule has 4 heterocycles. The maximum atomic E-state index is 15.0. The monoisotopic (exact) mass is 433 g/mol. The summed E-state index contributed by atoms with van der Waals surface area (Å²) in [5, 5.41) is 12.0. The molecule has 10 nitrogen and oxygen atoms in total. The third-order valence-corrected chi connectivity index (χ3v) is 5.19. The van der Waals surface area contributed by atoms with E-state index in [4.69, 9.17) is 11.0 Å². The second-order valence-electron chi connectivity index (χ2n) is 7.34. The fraction of sp³-hybridized carbons (Fsp3) is 0.286.